The van der Waals surface area contributed by atoms with Crippen molar-refractivity contribution >= 4 is 39.7 Å². The molecule has 0 aliphatic heterocycles. The van der Waals surface area contributed by atoms with Gasteiger partial charge in [0.05, 0.1) is 0 Å². The Morgan fingerprint density at radius 2 is 1.27 bits per heavy atom. The summed E-state index contributed by atoms with van der Waals surface area (Å²) in [5.74, 6) is -1.41. The van der Waals surface area contributed by atoms with E-state index >= 15 is 0 Å². The molecule has 0 heterocycles. The number of carbonyl (C=O) groups is 4. The van der Waals surface area contributed by atoms with Gasteiger partial charge in [0.2, 0.25) is 11.8 Å². The zero-order valence-corrected chi connectivity index (χ0v) is 46.6. The standard InChI is InChI=1S/C59H96BrFN6O6/c1-46(2)16-27-56(69)64-52(25-28-57(70)71)43-67(42-32-49-30-36-59(37-31-49)34-8-4-9-35-59)53(15-6-10-38-62)45-66(40-12-7-14-47-17-21-50(60)22-18-47)54(26-29-58(72)73)44-65(41-33-55(63)68)39-11-3-5-13-48-19-23-51(61)24-20-48/h17-24,46,49,52-54H,3-16,25-45,62H2,1-2H3,(H2,63,68)(H,64,69)(H,70,71)(H,72,73)/t52?,53?,54-/m0/s1. The van der Waals surface area contributed by atoms with Gasteiger partial charge in [0.15, 0.2) is 0 Å². The highest BCUT2D eigenvalue weighted by molar-refractivity contribution is 9.10. The van der Waals surface area contributed by atoms with E-state index in [2.05, 4.69) is 74.1 Å². The summed E-state index contributed by atoms with van der Waals surface area (Å²) in [5.41, 5.74) is 14.8. The Hall–Kier alpha value is -3.43. The molecule has 2 aliphatic carbocycles. The van der Waals surface area contributed by atoms with Crippen molar-refractivity contribution in [3.8, 4) is 0 Å². The number of amides is 2. The van der Waals surface area contributed by atoms with E-state index in [9.17, 15) is 33.8 Å². The highest BCUT2D eigenvalue weighted by Crippen LogP contribution is 2.49. The first-order chi connectivity index (χ1) is 35.1. The average Bonchev–Trinajstić information content (AvgIpc) is 3.36. The fourth-order valence-corrected chi connectivity index (χ4v) is 11.9. The molecule has 2 fully saturated rings. The molecule has 2 saturated carbocycles. The van der Waals surface area contributed by atoms with Crippen LogP contribution in [0.3, 0.4) is 0 Å². The molecule has 2 unspecified atom stereocenters. The molecule has 0 aromatic heterocycles. The lowest BCUT2D eigenvalue weighted by molar-refractivity contribution is -0.138. The number of carbonyl (C=O) groups excluding carboxylic acids is 2. The van der Waals surface area contributed by atoms with Gasteiger partial charge in [0.25, 0.3) is 0 Å². The van der Waals surface area contributed by atoms with Gasteiger partial charge in [-0.2, -0.15) is 0 Å². The normalized spacial score (nSPS) is 16.3. The predicted molar refractivity (Wildman–Crippen MR) is 297 cm³/mol. The van der Waals surface area contributed by atoms with E-state index in [1.165, 1.54) is 75.5 Å². The number of nitrogens with one attached hydrogen (secondary N) is 1. The summed E-state index contributed by atoms with van der Waals surface area (Å²) in [7, 11) is 0. The molecule has 1 spiro atoms. The number of nitrogens with two attached hydrogens (primary N) is 2. The molecule has 2 aromatic carbocycles. The lowest BCUT2D eigenvalue weighted by atomic mass is 9.63. The SMILES string of the molecule is CC(C)CCC(=O)NC(CCC(=O)O)CN(CCC1CCC2(CCCCC2)CC1)C(CCCCN)CN(CCCCc1ccc(Br)cc1)[C@@H](CCC(=O)O)CN(CCCCCc1ccc(F)cc1)CCC(N)=O. The third kappa shape index (κ3) is 26.3. The summed E-state index contributed by atoms with van der Waals surface area (Å²) in [4.78, 5) is 57.9. The summed E-state index contributed by atoms with van der Waals surface area (Å²) in [6, 6.07) is 14.7. The van der Waals surface area contributed by atoms with Crippen molar-refractivity contribution in [1.29, 1.82) is 0 Å². The summed E-state index contributed by atoms with van der Waals surface area (Å²) >= 11 is 3.57. The molecule has 7 N–H and O–H groups in total. The van der Waals surface area contributed by atoms with Crippen LogP contribution in [-0.2, 0) is 32.0 Å². The average molecular weight is 1080 g/mol. The first-order valence-corrected chi connectivity index (χ1v) is 29.3. The van der Waals surface area contributed by atoms with Crippen LogP contribution in [-0.4, -0.2) is 119 Å². The summed E-state index contributed by atoms with van der Waals surface area (Å²) < 4.78 is 14.6. The van der Waals surface area contributed by atoms with Gasteiger partial charge in [-0.3, -0.25) is 29.0 Å². The number of carboxylic acids is 2. The number of hydrogen-bond donors (Lipinski definition) is 5. The molecule has 2 amide bonds. The van der Waals surface area contributed by atoms with Crippen LogP contribution in [0.15, 0.2) is 53.0 Å². The van der Waals surface area contributed by atoms with E-state index in [1.54, 1.807) is 0 Å². The Labute approximate surface area is 447 Å². The van der Waals surface area contributed by atoms with Crippen LogP contribution in [0.5, 0.6) is 0 Å². The maximum Gasteiger partial charge on any atom is 0.303 e. The molecular weight excluding hydrogens is 988 g/mol. The molecule has 3 atom stereocenters. The quantitative estimate of drug-likeness (QED) is 0.0404. The molecule has 73 heavy (non-hydrogen) atoms. The Morgan fingerprint density at radius 1 is 0.671 bits per heavy atom. The number of hydrogen-bond acceptors (Lipinski definition) is 8. The molecule has 2 aliphatic rings. The van der Waals surface area contributed by atoms with Crippen LogP contribution in [0.1, 0.15) is 185 Å². The van der Waals surface area contributed by atoms with Gasteiger partial charge in [0, 0.05) is 74.5 Å². The van der Waals surface area contributed by atoms with E-state index in [0.717, 1.165) is 107 Å². The van der Waals surface area contributed by atoms with E-state index in [-0.39, 0.29) is 55.0 Å². The second-order valence-electron chi connectivity index (χ2n) is 22.5. The van der Waals surface area contributed by atoms with Gasteiger partial charge in [-0.05, 0) is 194 Å². The van der Waals surface area contributed by atoms with E-state index in [1.807, 2.05) is 12.1 Å². The number of primary amides is 1. The van der Waals surface area contributed by atoms with E-state index in [4.69, 9.17) is 11.5 Å². The summed E-state index contributed by atoms with van der Waals surface area (Å²) in [6.45, 7) is 9.36. The highest BCUT2D eigenvalue weighted by atomic mass is 79.9. The van der Waals surface area contributed by atoms with Crippen LogP contribution in [0.25, 0.3) is 0 Å². The minimum Gasteiger partial charge on any atom is -0.481 e. The molecule has 0 bridgehead atoms. The minimum atomic E-state index is -0.879. The molecule has 14 heteroatoms. The smallest absolute Gasteiger partial charge is 0.303 e. The largest absolute Gasteiger partial charge is 0.481 e. The third-order valence-corrected chi connectivity index (χ3v) is 16.6. The van der Waals surface area contributed by atoms with E-state index < -0.39 is 11.9 Å². The number of aliphatic carboxylic acids is 2. The van der Waals surface area contributed by atoms with Gasteiger partial charge >= 0.3 is 11.9 Å². The summed E-state index contributed by atoms with van der Waals surface area (Å²) in [6.07, 6.45) is 24.0. The van der Waals surface area contributed by atoms with Gasteiger partial charge in [-0.1, -0.05) is 86.1 Å². The zero-order chi connectivity index (χ0) is 52.9. The van der Waals surface area contributed by atoms with Gasteiger partial charge in [-0.15, -0.1) is 0 Å². The Balaban J connectivity index is 1.68. The lowest BCUT2D eigenvalue weighted by Gasteiger charge is -2.44. The van der Waals surface area contributed by atoms with Crippen LogP contribution in [0.4, 0.5) is 4.39 Å². The maximum atomic E-state index is 13.6. The number of aryl methyl sites for hydroxylation is 2. The van der Waals surface area contributed by atoms with Gasteiger partial charge < -0.3 is 31.9 Å². The molecule has 0 saturated heterocycles. The van der Waals surface area contributed by atoms with Crippen molar-refractivity contribution in [2.75, 3.05) is 52.4 Å². The maximum absolute atomic E-state index is 13.6. The van der Waals surface area contributed by atoms with Crippen LogP contribution < -0.4 is 16.8 Å². The molecular formula is C59H96BrFN6O6. The number of halogens is 2. The van der Waals surface area contributed by atoms with E-state index in [0.29, 0.717) is 69.2 Å². The number of nitrogens with zero attached hydrogens (tertiary/aromatic N) is 3. The predicted octanol–water partition coefficient (Wildman–Crippen LogP) is 11.2. The van der Waals surface area contributed by atoms with Gasteiger partial charge in [0.1, 0.15) is 5.82 Å². The van der Waals surface area contributed by atoms with Crippen molar-refractivity contribution in [2.24, 2.45) is 28.7 Å². The number of carboxylic acid groups (broad SMARTS) is 2. The topological polar surface area (TPSA) is 183 Å². The fraction of sp³-hybridized carbons (Fsp3) is 0.729. The van der Waals surface area contributed by atoms with Crippen molar-refractivity contribution in [3.63, 3.8) is 0 Å². The van der Waals surface area contributed by atoms with Crippen molar-refractivity contribution < 1.29 is 33.8 Å². The van der Waals surface area contributed by atoms with Crippen molar-refractivity contribution in [1.82, 2.24) is 20.0 Å². The zero-order valence-electron chi connectivity index (χ0n) is 45.0. The Morgan fingerprint density at radius 3 is 1.90 bits per heavy atom. The molecule has 412 valence electrons. The third-order valence-electron chi connectivity index (χ3n) is 16.1. The molecule has 4 rings (SSSR count). The fourth-order valence-electron chi connectivity index (χ4n) is 11.6. The molecule has 2 aromatic rings. The van der Waals surface area contributed by atoms with Crippen LogP contribution >= 0.6 is 15.9 Å². The second-order valence-corrected chi connectivity index (χ2v) is 23.4. The minimum absolute atomic E-state index is 0.00574. The van der Waals surface area contributed by atoms with Crippen molar-refractivity contribution in [3.05, 3.63) is 69.9 Å². The first kappa shape index (κ1) is 62.1. The number of unbranched alkanes of at least 4 members (excludes halogenated alkanes) is 4. The molecule has 0 radical (unpaired) electrons. The Kier molecular flexibility index (Phi) is 29.8. The van der Waals surface area contributed by atoms with Gasteiger partial charge in [-0.25, -0.2) is 4.39 Å². The monoisotopic (exact) mass is 1080 g/mol. The Bertz CT molecular complexity index is 1860. The van der Waals surface area contributed by atoms with Crippen LogP contribution in [0.2, 0.25) is 0 Å². The van der Waals surface area contributed by atoms with Crippen molar-refractivity contribution in [2.45, 2.75) is 205 Å². The number of rotatable bonds is 39. The van der Waals surface area contributed by atoms with Crippen LogP contribution in [0, 0.1) is 23.1 Å². The lowest BCUT2D eigenvalue weighted by Crippen LogP contribution is -2.54. The number of benzene rings is 2. The summed E-state index contributed by atoms with van der Waals surface area (Å²) in [5, 5.41) is 23.5. The molecule has 12 nitrogen and oxygen atoms in total. The second kappa shape index (κ2) is 35.0. The first-order valence-electron chi connectivity index (χ1n) is 28.5. The highest BCUT2D eigenvalue weighted by Gasteiger charge is 2.37.